The molecule has 1 atom stereocenters. The number of aromatic nitrogens is 5. The highest BCUT2D eigenvalue weighted by Crippen LogP contribution is 2.22. The molecule has 0 radical (unpaired) electrons. The highest BCUT2D eigenvalue weighted by Gasteiger charge is 2.19. The fourth-order valence-corrected chi connectivity index (χ4v) is 2.76. The number of rotatable bonds is 6. The Morgan fingerprint density at radius 2 is 2.21 bits per heavy atom. The first-order valence-electron chi connectivity index (χ1n) is 6.44. The van der Waals surface area contributed by atoms with E-state index in [0.717, 1.165) is 24.5 Å². The molecular weight excluding hydrogens is 260 g/mol. The van der Waals surface area contributed by atoms with Crippen molar-refractivity contribution in [3.05, 3.63) is 22.7 Å². The van der Waals surface area contributed by atoms with Gasteiger partial charge in [0.15, 0.2) is 0 Å². The molecule has 6 nitrogen and oxygen atoms in total. The van der Waals surface area contributed by atoms with Gasteiger partial charge in [-0.05, 0) is 31.4 Å². The Morgan fingerprint density at radius 3 is 2.79 bits per heavy atom. The quantitative estimate of drug-likeness (QED) is 0.870. The lowest BCUT2D eigenvalue weighted by atomic mass is 10.1. The van der Waals surface area contributed by atoms with Crippen LogP contribution in [0.3, 0.4) is 0 Å². The average molecular weight is 280 g/mol. The summed E-state index contributed by atoms with van der Waals surface area (Å²) in [7, 11) is 1.95. The Bertz CT molecular complexity index is 518. The van der Waals surface area contributed by atoms with Crippen LogP contribution in [0.1, 0.15) is 36.3 Å². The van der Waals surface area contributed by atoms with E-state index >= 15 is 0 Å². The Morgan fingerprint density at radius 1 is 1.42 bits per heavy atom. The monoisotopic (exact) mass is 280 g/mol. The van der Waals surface area contributed by atoms with Crippen molar-refractivity contribution in [3.8, 4) is 0 Å². The summed E-state index contributed by atoms with van der Waals surface area (Å²) in [5.41, 5.74) is 0.985. The summed E-state index contributed by atoms with van der Waals surface area (Å²) in [5.74, 6) is 1.56. The lowest BCUT2D eigenvalue weighted by Gasteiger charge is -2.15. The van der Waals surface area contributed by atoms with Crippen LogP contribution in [0.4, 0.5) is 0 Å². The second-order valence-electron chi connectivity index (χ2n) is 5.02. The molecule has 19 heavy (non-hydrogen) atoms. The Kier molecular flexibility index (Phi) is 4.60. The molecule has 2 heterocycles. The van der Waals surface area contributed by atoms with Crippen LogP contribution in [-0.4, -0.2) is 31.4 Å². The van der Waals surface area contributed by atoms with Gasteiger partial charge < -0.3 is 5.32 Å². The van der Waals surface area contributed by atoms with Crippen molar-refractivity contribution in [2.75, 3.05) is 7.05 Å². The number of nitrogens with zero attached hydrogens (tertiary/aromatic N) is 5. The van der Waals surface area contributed by atoms with E-state index < -0.39 is 0 Å². The summed E-state index contributed by atoms with van der Waals surface area (Å²) < 4.78 is 5.98. The van der Waals surface area contributed by atoms with Gasteiger partial charge in [0, 0.05) is 13.0 Å². The van der Waals surface area contributed by atoms with Crippen molar-refractivity contribution in [3.63, 3.8) is 0 Å². The Balaban J connectivity index is 2.15. The number of likely N-dealkylation sites (N-methyl/N-ethyl adjacent to an activating group) is 1. The Labute approximate surface area is 117 Å². The maximum absolute atomic E-state index is 4.37. The van der Waals surface area contributed by atoms with Crippen LogP contribution in [0.5, 0.6) is 0 Å². The molecule has 0 aromatic carbocycles. The predicted octanol–water partition coefficient (Wildman–Crippen LogP) is 1.60. The average Bonchev–Trinajstić information content (AvgIpc) is 2.95. The van der Waals surface area contributed by atoms with Gasteiger partial charge in [-0.1, -0.05) is 18.3 Å². The van der Waals surface area contributed by atoms with Crippen LogP contribution in [-0.2, 0) is 13.0 Å². The van der Waals surface area contributed by atoms with E-state index in [4.69, 9.17) is 0 Å². The molecule has 1 unspecified atom stereocenters. The molecule has 2 rings (SSSR count). The van der Waals surface area contributed by atoms with Crippen molar-refractivity contribution in [1.82, 2.24) is 29.7 Å². The smallest absolute Gasteiger partial charge is 0.138 e. The molecule has 0 amide bonds. The standard InChI is InChI=1S/C12H20N6S/c1-8(2)6-18-11(14-7-15-18)5-10(13-4)12-9(3)16-17-19-12/h7-8,10,13H,5-6H2,1-4H3. The minimum absolute atomic E-state index is 0.190. The van der Waals surface area contributed by atoms with Crippen molar-refractivity contribution in [2.45, 2.75) is 39.8 Å². The van der Waals surface area contributed by atoms with Crippen molar-refractivity contribution < 1.29 is 0 Å². The van der Waals surface area contributed by atoms with E-state index in [9.17, 15) is 0 Å². The highest BCUT2D eigenvalue weighted by atomic mass is 32.1. The summed E-state index contributed by atoms with van der Waals surface area (Å²) in [6.07, 6.45) is 2.43. The zero-order chi connectivity index (χ0) is 13.8. The summed E-state index contributed by atoms with van der Waals surface area (Å²) >= 11 is 1.44. The number of nitrogens with one attached hydrogen (secondary N) is 1. The maximum atomic E-state index is 4.37. The Hall–Kier alpha value is -1.34. The zero-order valence-corrected chi connectivity index (χ0v) is 12.6. The van der Waals surface area contributed by atoms with Crippen molar-refractivity contribution in [1.29, 1.82) is 0 Å². The minimum Gasteiger partial charge on any atom is -0.312 e. The van der Waals surface area contributed by atoms with Gasteiger partial charge in [0.2, 0.25) is 0 Å². The normalized spacial score (nSPS) is 13.1. The molecule has 1 N–H and O–H groups in total. The number of hydrogen-bond donors (Lipinski definition) is 1. The predicted molar refractivity (Wildman–Crippen MR) is 75.0 cm³/mol. The van der Waals surface area contributed by atoms with E-state index in [1.165, 1.54) is 16.4 Å². The number of hydrogen-bond acceptors (Lipinski definition) is 6. The molecule has 7 heteroatoms. The summed E-state index contributed by atoms with van der Waals surface area (Å²) in [5, 5.41) is 11.7. The van der Waals surface area contributed by atoms with Gasteiger partial charge in [0.05, 0.1) is 16.6 Å². The fourth-order valence-electron chi connectivity index (χ4n) is 2.01. The summed E-state index contributed by atoms with van der Waals surface area (Å²) in [4.78, 5) is 5.54. The van der Waals surface area contributed by atoms with Gasteiger partial charge in [-0.15, -0.1) is 5.10 Å². The first-order chi connectivity index (χ1) is 9.11. The van der Waals surface area contributed by atoms with Crippen molar-refractivity contribution >= 4 is 11.5 Å². The first-order valence-corrected chi connectivity index (χ1v) is 7.22. The fraction of sp³-hybridized carbons (Fsp3) is 0.667. The van der Waals surface area contributed by atoms with E-state index in [2.05, 4.69) is 38.8 Å². The maximum Gasteiger partial charge on any atom is 0.138 e. The third-order valence-corrected chi connectivity index (χ3v) is 3.91. The van der Waals surface area contributed by atoms with Crippen molar-refractivity contribution in [2.24, 2.45) is 5.92 Å². The van der Waals surface area contributed by atoms with Crippen LogP contribution < -0.4 is 5.32 Å². The van der Waals surface area contributed by atoms with Crippen LogP contribution in [0.2, 0.25) is 0 Å². The molecule has 0 fully saturated rings. The van der Waals surface area contributed by atoms with Crippen LogP contribution in [0.15, 0.2) is 6.33 Å². The topological polar surface area (TPSA) is 68.5 Å². The van der Waals surface area contributed by atoms with Gasteiger partial charge in [-0.25, -0.2) is 9.67 Å². The molecule has 0 bridgehead atoms. The number of aryl methyl sites for hydroxylation is 1. The van der Waals surface area contributed by atoms with Gasteiger partial charge in [-0.3, -0.25) is 0 Å². The van der Waals surface area contributed by atoms with Crippen LogP contribution >= 0.6 is 11.5 Å². The second-order valence-corrected chi connectivity index (χ2v) is 5.81. The van der Waals surface area contributed by atoms with Gasteiger partial charge in [0.25, 0.3) is 0 Å². The third-order valence-electron chi connectivity index (χ3n) is 2.97. The second kappa shape index (κ2) is 6.21. The van der Waals surface area contributed by atoms with Crippen LogP contribution in [0.25, 0.3) is 0 Å². The lowest BCUT2D eigenvalue weighted by molar-refractivity contribution is 0.452. The molecule has 0 saturated carbocycles. The summed E-state index contributed by atoms with van der Waals surface area (Å²) in [6.45, 7) is 7.24. The molecular formula is C12H20N6S. The third kappa shape index (κ3) is 3.36. The molecule has 0 spiro atoms. The molecule has 0 aliphatic rings. The van der Waals surface area contributed by atoms with Gasteiger partial charge in [-0.2, -0.15) is 5.10 Å². The van der Waals surface area contributed by atoms with E-state index in [-0.39, 0.29) is 6.04 Å². The molecule has 2 aromatic heterocycles. The van der Waals surface area contributed by atoms with E-state index in [0.29, 0.717) is 5.92 Å². The van der Waals surface area contributed by atoms with E-state index in [1.54, 1.807) is 6.33 Å². The molecule has 0 saturated heterocycles. The van der Waals surface area contributed by atoms with Crippen LogP contribution in [0, 0.1) is 12.8 Å². The molecule has 0 aliphatic carbocycles. The first kappa shape index (κ1) is 14.1. The zero-order valence-electron chi connectivity index (χ0n) is 11.8. The van der Waals surface area contributed by atoms with E-state index in [1.807, 2.05) is 18.7 Å². The lowest BCUT2D eigenvalue weighted by Crippen LogP contribution is -2.21. The SMILES string of the molecule is CNC(Cc1ncnn1CC(C)C)c1snnc1C. The highest BCUT2D eigenvalue weighted by molar-refractivity contribution is 7.05. The molecule has 104 valence electrons. The van der Waals surface area contributed by atoms with Gasteiger partial charge >= 0.3 is 0 Å². The largest absolute Gasteiger partial charge is 0.312 e. The van der Waals surface area contributed by atoms with Gasteiger partial charge in [0.1, 0.15) is 12.2 Å². The summed E-state index contributed by atoms with van der Waals surface area (Å²) in [6, 6.07) is 0.190. The molecule has 0 aliphatic heterocycles. The minimum atomic E-state index is 0.190. The molecule has 2 aromatic rings.